The van der Waals surface area contributed by atoms with E-state index in [1.54, 1.807) is 13.0 Å². The van der Waals surface area contributed by atoms with Crippen molar-refractivity contribution < 1.29 is 15.3 Å². The topological polar surface area (TPSA) is 60.7 Å². The van der Waals surface area contributed by atoms with Crippen molar-refractivity contribution in [3.8, 4) is 11.5 Å². The maximum Gasteiger partial charge on any atom is 0.144 e. The van der Waals surface area contributed by atoms with Gasteiger partial charge in [-0.2, -0.15) is 0 Å². The van der Waals surface area contributed by atoms with Crippen LogP contribution < -0.4 is 0 Å². The summed E-state index contributed by atoms with van der Waals surface area (Å²) >= 11 is 5.71. The Morgan fingerprint density at radius 3 is 2.36 bits per heavy atom. The lowest BCUT2D eigenvalue weighted by atomic mass is 10.0. The molecule has 1 aliphatic carbocycles. The zero-order chi connectivity index (χ0) is 10.5. The van der Waals surface area contributed by atoms with Crippen molar-refractivity contribution in [2.45, 2.75) is 25.4 Å². The third-order valence-electron chi connectivity index (χ3n) is 2.63. The predicted octanol–water partition coefficient (Wildman–Crippen LogP) is 2.04. The van der Waals surface area contributed by atoms with Crippen molar-refractivity contribution in [3.63, 3.8) is 0 Å². The fourth-order valence-corrected chi connectivity index (χ4v) is 1.75. The second-order valence-electron chi connectivity index (χ2n) is 3.78. The molecule has 1 saturated carbocycles. The quantitative estimate of drug-likeness (QED) is 0.671. The van der Waals surface area contributed by atoms with E-state index in [4.69, 9.17) is 11.6 Å². The van der Waals surface area contributed by atoms with Gasteiger partial charge in [-0.25, -0.2) is 0 Å². The van der Waals surface area contributed by atoms with Gasteiger partial charge in [0.2, 0.25) is 0 Å². The monoisotopic (exact) mass is 214 g/mol. The van der Waals surface area contributed by atoms with Crippen molar-refractivity contribution in [3.05, 3.63) is 22.2 Å². The minimum Gasteiger partial charge on any atom is -0.506 e. The van der Waals surface area contributed by atoms with E-state index in [2.05, 4.69) is 0 Å². The molecular weight excluding hydrogens is 204 g/mol. The van der Waals surface area contributed by atoms with Crippen LogP contribution in [0.5, 0.6) is 11.5 Å². The highest BCUT2D eigenvalue weighted by molar-refractivity contribution is 6.33. The summed E-state index contributed by atoms with van der Waals surface area (Å²) in [5.41, 5.74) is 0.0348. The largest absolute Gasteiger partial charge is 0.506 e. The number of phenolic OH excluding ortho intramolecular Hbond substituents is 2. The van der Waals surface area contributed by atoms with Crippen LogP contribution in [0.1, 0.15) is 24.0 Å². The van der Waals surface area contributed by atoms with Crippen LogP contribution >= 0.6 is 11.6 Å². The highest BCUT2D eigenvalue weighted by atomic mass is 35.5. The second kappa shape index (κ2) is 2.78. The van der Waals surface area contributed by atoms with Crippen LogP contribution in [0.3, 0.4) is 0 Å². The van der Waals surface area contributed by atoms with Gasteiger partial charge in [-0.1, -0.05) is 11.6 Å². The van der Waals surface area contributed by atoms with Crippen molar-refractivity contribution in [1.29, 1.82) is 0 Å². The lowest BCUT2D eigenvalue weighted by molar-refractivity contribution is 0.147. The summed E-state index contributed by atoms with van der Waals surface area (Å²) in [6, 6.07) is 1.57. The molecule has 0 aliphatic heterocycles. The van der Waals surface area contributed by atoms with Crippen LogP contribution in [-0.4, -0.2) is 15.3 Å². The molecule has 0 heterocycles. The SMILES string of the molecule is Cc1cc(C2(O)CC2)c(O)c(Cl)c1O. The van der Waals surface area contributed by atoms with Crippen molar-refractivity contribution in [1.82, 2.24) is 0 Å². The zero-order valence-electron chi connectivity index (χ0n) is 7.71. The van der Waals surface area contributed by atoms with Gasteiger partial charge >= 0.3 is 0 Å². The van der Waals surface area contributed by atoms with Gasteiger partial charge in [-0.15, -0.1) is 0 Å². The van der Waals surface area contributed by atoms with E-state index in [1.807, 2.05) is 0 Å². The standard InChI is InChI=1S/C10H11ClO3/c1-5-4-6(10(14)2-3-10)9(13)7(11)8(5)12/h4,12-14H,2-3H2,1H3. The van der Waals surface area contributed by atoms with Crippen LogP contribution in [0.4, 0.5) is 0 Å². The number of benzene rings is 1. The Kier molecular flexibility index (Phi) is 1.91. The first kappa shape index (κ1) is 9.62. The lowest BCUT2D eigenvalue weighted by Crippen LogP contribution is -2.05. The normalized spacial score (nSPS) is 18.2. The fraction of sp³-hybridized carbons (Fsp3) is 0.400. The molecule has 76 valence electrons. The number of hydrogen-bond donors (Lipinski definition) is 3. The molecule has 14 heavy (non-hydrogen) atoms. The average molecular weight is 215 g/mol. The van der Waals surface area contributed by atoms with Gasteiger partial charge < -0.3 is 15.3 Å². The molecule has 4 heteroatoms. The summed E-state index contributed by atoms with van der Waals surface area (Å²) < 4.78 is 0. The first-order valence-electron chi connectivity index (χ1n) is 4.39. The van der Waals surface area contributed by atoms with E-state index in [9.17, 15) is 15.3 Å². The molecule has 3 nitrogen and oxygen atoms in total. The molecule has 1 aromatic rings. The van der Waals surface area contributed by atoms with E-state index in [0.717, 1.165) is 0 Å². The molecule has 0 atom stereocenters. The maximum atomic E-state index is 9.82. The third-order valence-corrected chi connectivity index (χ3v) is 2.99. The fourth-order valence-electron chi connectivity index (χ4n) is 1.50. The number of phenols is 2. The van der Waals surface area contributed by atoms with E-state index in [0.29, 0.717) is 24.0 Å². The van der Waals surface area contributed by atoms with Gasteiger partial charge in [0.1, 0.15) is 16.5 Å². The Morgan fingerprint density at radius 1 is 1.29 bits per heavy atom. The van der Waals surface area contributed by atoms with Crippen LogP contribution in [-0.2, 0) is 5.60 Å². The Bertz CT molecular complexity index is 397. The molecule has 2 rings (SSSR count). The molecule has 0 amide bonds. The maximum absolute atomic E-state index is 9.82. The molecule has 0 unspecified atom stereocenters. The first-order valence-corrected chi connectivity index (χ1v) is 4.77. The molecule has 0 aromatic heterocycles. The highest BCUT2D eigenvalue weighted by Gasteiger charge is 2.45. The number of aromatic hydroxyl groups is 2. The number of rotatable bonds is 1. The minimum absolute atomic E-state index is 0.0830. The van der Waals surface area contributed by atoms with Crippen LogP contribution in [0, 0.1) is 6.92 Å². The van der Waals surface area contributed by atoms with Gasteiger partial charge in [0.25, 0.3) is 0 Å². The lowest BCUT2D eigenvalue weighted by Gasteiger charge is -2.14. The van der Waals surface area contributed by atoms with E-state index < -0.39 is 5.60 Å². The zero-order valence-corrected chi connectivity index (χ0v) is 8.47. The van der Waals surface area contributed by atoms with E-state index in [-0.39, 0.29) is 16.5 Å². The van der Waals surface area contributed by atoms with E-state index in [1.165, 1.54) is 0 Å². The molecule has 0 bridgehead atoms. The average Bonchev–Trinajstić information content (AvgIpc) is 2.87. The Morgan fingerprint density at radius 2 is 1.86 bits per heavy atom. The summed E-state index contributed by atoms with van der Waals surface area (Å²) in [4.78, 5) is 0. The molecule has 1 aliphatic rings. The van der Waals surface area contributed by atoms with Crippen molar-refractivity contribution in [2.75, 3.05) is 0 Å². The van der Waals surface area contributed by atoms with Crippen molar-refractivity contribution >= 4 is 11.6 Å². The van der Waals surface area contributed by atoms with Crippen LogP contribution in [0.15, 0.2) is 6.07 Å². The third kappa shape index (κ3) is 1.24. The van der Waals surface area contributed by atoms with E-state index >= 15 is 0 Å². The second-order valence-corrected chi connectivity index (χ2v) is 4.16. The summed E-state index contributed by atoms with van der Waals surface area (Å²) in [5, 5.41) is 28.8. The minimum atomic E-state index is -0.938. The van der Waals surface area contributed by atoms with Gasteiger partial charge in [-0.3, -0.25) is 0 Å². The summed E-state index contributed by atoms with van der Waals surface area (Å²) in [6.07, 6.45) is 1.25. The number of halogens is 1. The Hall–Kier alpha value is -0.930. The molecule has 1 fully saturated rings. The molecule has 1 aromatic carbocycles. The predicted molar refractivity (Wildman–Crippen MR) is 52.6 cm³/mol. The van der Waals surface area contributed by atoms with Crippen LogP contribution in [0.2, 0.25) is 5.02 Å². The first-order chi connectivity index (χ1) is 6.46. The summed E-state index contributed by atoms with van der Waals surface area (Å²) in [5.74, 6) is -0.341. The number of aryl methyl sites for hydroxylation is 1. The smallest absolute Gasteiger partial charge is 0.144 e. The van der Waals surface area contributed by atoms with Gasteiger partial charge in [-0.05, 0) is 31.4 Å². The van der Waals surface area contributed by atoms with Crippen LogP contribution in [0.25, 0.3) is 0 Å². The Labute approximate surface area is 86.6 Å². The summed E-state index contributed by atoms with van der Waals surface area (Å²) in [7, 11) is 0. The van der Waals surface area contributed by atoms with Gasteiger partial charge in [0.15, 0.2) is 0 Å². The Balaban J connectivity index is 2.62. The highest BCUT2D eigenvalue weighted by Crippen LogP contribution is 2.52. The molecule has 3 N–H and O–H groups in total. The summed E-state index contributed by atoms with van der Waals surface area (Å²) in [6.45, 7) is 1.68. The molecule has 0 spiro atoms. The van der Waals surface area contributed by atoms with Gasteiger partial charge in [0.05, 0.1) is 5.60 Å². The molecule has 0 saturated heterocycles. The number of aliphatic hydroxyl groups is 1. The molecule has 0 radical (unpaired) electrons. The van der Waals surface area contributed by atoms with Crippen molar-refractivity contribution in [2.24, 2.45) is 0 Å². The van der Waals surface area contributed by atoms with Gasteiger partial charge in [0, 0.05) is 5.56 Å². The number of hydrogen-bond acceptors (Lipinski definition) is 3. The molecular formula is C10H11ClO3.